The summed E-state index contributed by atoms with van der Waals surface area (Å²) in [6.45, 7) is 1.93. The summed E-state index contributed by atoms with van der Waals surface area (Å²) >= 11 is 0. The number of ether oxygens (including phenoxy) is 2. The number of rotatable bonds is 5. The summed E-state index contributed by atoms with van der Waals surface area (Å²) in [4.78, 5) is 12.2. The van der Waals surface area contributed by atoms with Gasteiger partial charge < -0.3 is 9.47 Å². The minimum atomic E-state index is -0.621. The number of carbonyl (C=O) groups is 1. The summed E-state index contributed by atoms with van der Waals surface area (Å²) in [6, 6.07) is 18.5. The largest absolute Gasteiger partial charge is 0.497 e. The van der Waals surface area contributed by atoms with E-state index in [-0.39, 0.29) is 12.2 Å². The predicted molar refractivity (Wildman–Crippen MR) is 87.7 cm³/mol. The highest BCUT2D eigenvalue weighted by Gasteiger charge is 2.19. The van der Waals surface area contributed by atoms with Crippen LogP contribution in [0.3, 0.4) is 0 Å². The molecular weight excluding hydrogens is 290 g/mol. The lowest BCUT2D eigenvalue weighted by Crippen LogP contribution is -2.09. The Labute approximate surface area is 135 Å². The number of carbonyl (C=O) groups excluding carboxylic acids is 1. The Morgan fingerprint density at radius 2 is 1.65 bits per heavy atom. The molecule has 4 nitrogen and oxygen atoms in total. The van der Waals surface area contributed by atoms with Gasteiger partial charge in [0.2, 0.25) is 0 Å². The van der Waals surface area contributed by atoms with Crippen LogP contribution in [0.1, 0.15) is 18.1 Å². The first-order valence-electron chi connectivity index (χ1n) is 7.22. The molecular formula is C19H17NO3. The van der Waals surface area contributed by atoms with Crippen molar-refractivity contribution in [2.45, 2.75) is 6.92 Å². The van der Waals surface area contributed by atoms with Gasteiger partial charge in [-0.25, -0.2) is 4.79 Å². The summed E-state index contributed by atoms with van der Waals surface area (Å²) in [5.74, 6) is 0.0838. The number of nitriles is 1. The van der Waals surface area contributed by atoms with Crippen molar-refractivity contribution in [1.29, 1.82) is 5.26 Å². The Bertz CT molecular complexity index is 740. The second-order valence-corrected chi connectivity index (χ2v) is 4.68. The highest BCUT2D eigenvalue weighted by atomic mass is 16.5. The van der Waals surface area contributed by atoms with Gasteiger partial charge in [-0.1, -0.05) is 42.5 Å². The fourth-order valence-electron chi connectivity index (χ4n) is 2.22. The molecule has 2 rings (SSSR count). The molecule has 2 aromatic rings. The number of esters is 1. The van der Waals surface area contributed by atoms with Crippen molar-refractivity contribution in [2.75, 3.05) is 13.7 Å². The van der Waals surface area contributed by atoms with Crippen molar-refractivity contribution >= 4 is 11.5 Å². The van der Waals surface area contributed by atoms with Crippen LogP contribution in [0, 0.1) is 11.3 Å². The zero-order chi connectivity index (χ0) is 16.7. The first-order valence-corrected chi connectivity index (χ1v) is 7.22. The molecule has 0 aliphatic carbocycles. The zero-order valence-electron chi connectivity index (χ0n) is 13.1. The van der Waals surface area contributed by atoms with E-state index in [0.717, 1.165) is 11.1 Å². The van der Waals surface area contributed by atoms with Crippen LogP contribution < -0.4 is 4.74 Å². The van der Waals surface area contributed by atoms with E-state index in [4.69, 9.17) is 9.47 Å². The van der Waals surface area contributed by atoms with Crippen LogP contribution >= 0.6 is 0 Å². The maximum Gasteiger partial charge on any atom is 0.349 e. The molecule has 0 aliphatic rings. The van der Waals surface area contributed by atoms with Gasteiger partial charge in [0, 0.05) is 5.57 Å². The number of methoxy groups -OCH3 is 1. The Kier molecular flexibility index (Phi) is 5.54. The van der Waals surface area contributed by atoms with Gasteiger partial charge in [0.05, 0.1) is 13.7 Å². The van der Waals surface area contributed by atoms with Gasteiger partial charge >= 0.3 is 5.97 Å². The maximum absolute atomic E-state index is 12.2. The van der Waals surface area contributed by atoms with E-state index in [1.54, 1.807) is 26.2 Å². The van der Waals surface area contributed by atoms with Crippen LogP contribution in [0.5, 0.6) is 5.75 Å². The SMILES string of the molecule is CCOC(=O)/C(C#N)=C(/c1ccccc1)c1ccc(OC)cc1. The molecule has 23 heavy (non-hydrogen) atoms. The lowest BCUT2D eigenvalue weighted by atomic mass is 9.93. The number of hydrogen-bond acceptors (Lipinski definition) is 4. The molecule has 0 N–H and O–H groups in total. The smallest absolute Gasteiger partial charge is 0.349 e. The Morgan fingerprint density at radius 1 is 1.04 bits per heavy atom. The third-order valence-corrected chi connectivity index (χ3v) is 3.28. The van der Waals surface area contributed by atoms with E-state index in [9.17, 15) is 10.1 Å². The normalized spacial score (nSPS) is 11.2. The summed E-state index contributed by atoms with van der Waals surface area (Å²) in [5.41, 5.74) is 2.07. The quantitative estimate of drug-likeness (QED) is 0.481. The third kappa shape index (κ3) is 3.78. The zero-order valence-corrected chi connectivity index (χ0v) is 13.1. The van der Waals surface area contributed by atoms with Crippen LogP contribution in [0.4, 0.5) is 0 Å². The standard InChI is InChI=1S/C19H17NO3/c1-3-23-19(21)17(13-20)18(14-7-5-4-6-8-14)15-9-11-16(22-2)12-10-15/h4-12H,3H2,1-2H3/b18-17-. The second kappa shape index (κ2) is 7.81. The van der Waals surface area contributed by atoms with Crippen LogP contribution in [-0.2, 0) is 9.53 Å². The molecule has 0 radical (unpaired) electrons. The van der Waals surface area contributed by atoms with Crippen LogP contribution in [0.25, 0.3) is 5.57 Å². The maximum atomic E-state index is 12.2. The van der Waals surface area contributed by atoms with Crippen molar-refractivity contribution in [3.63, 3.8) is 0 Å². The topological polar surface area (TPSA) is 59.3 Å². The van der Waals surface area contributed by atoms with E-state index < -0.39 is 5.97 Å². The van der Waals surface area contributed by atoms with Crippen LogP contribution in [-0.4, -0.2) is 19.7 Å². The molecule has 0 saturated heterocycles. The lowest BCUT2D eigenvalue weighted by molar-refractivity contribution is -0.137. The number of hydrogen-bond donors (Lipinski definition) is 0. The van der Waals surface area contributed by atoms with Crippen molar-refractivity contribution < 1.29 is 14.3 Å². The molecule has 0 saturated carbocycles. The van der Waals surface area contributed by atoms with Gasteiger partial charge in [-0.2, -0.15) is 5.26 Å². The van der Waals surface area contributed by atoms with Crippen molar-refractivity contribution in [3.8, 4) is 11.8 Å². The molecule has 2 aromatic carbocycles. The molecule has 0 amide bonds. The first-order chi connectivity index (χ1) is 11.2. The minimum absolute atomic E-state index is 0.0109. The number of nitrogens with zero attached hydrogens (tertiary/aromatic N) is 1. The van der Waals surface area contributed by atoms with E-state index >= 15 is 0 Å². The highest BCUT2D eigenvalue weighted by molar-refractivity contribution is 6.05. The average molecular weight is 307 g/mol. The van der Waals surface area contributed by atoms with Gasteiger partial charge in [0.25, 0.3) is 0 Å². The molecule has 0 spiro atoms. The van der Waals surface area contributed by atoms with E-state index in [2.05, 4.69) is 0 Å². The average Bonchev–Trinajstić information content (AvgIpc) is 2.60. The van der Waals surface area contributed by atoms with Crippen molar-refractivity contribution in [3.05, 3.63) is 71.3 Å². The monoisotopic (exact) mass is 307 g/mol. The molecule has 0 bridgehead atoms. The van der Waals surface area contributed by atoms with Crippen LogP contribution in [0.15, 0.2) is 60.2 Å². The van der Waals surface area contributed by atoms with Gasteiger partial charge in [-0.05, 0) is 30.2 Å². The minimum Gasteiger partial charge on any atom is -0.497 e. The van der Waals surface area contributed by atoms with E-state index in [1.807, 2.05) is 48.5 Å². The summed E-state index contributed by atoms with van der Waals surface area (Å²) < 4.78 is 10.2. The highest BCUT2D eigenvalue weighted by Crippen LogP contribution is 2.28. The molecule has 0 aromatic heterocycles. The molecule has 0 fully saturated rings. The summed E-state index contributed by atoms with van der Waals surface area (Å²) in [6.07, 6.45) is 0. The first kappa shape index (κ1) is 16.3. The summed E-state index contributed by atoms with van der Waals surface area (Å²) in [7, 11) is 1.59. The molecule has 0 heterocycles. The van der Waals surface area contributed by atoms with Gasteiger partial charge in [0.15, 0.2) is 0 Å². The molecule has 0 unspecified atom stereocenters. The molecule has 4 heteroatoms. The predicted octanol–water partition coefficient (Wildman–Crippen LogP) is 3.58. The Hall–Kier alpha value is -3.06. The lowest BCUT2D eigenvalue weighted by Gasteiger charge is -2.12. The summed E-state index contributed by atoms with van der Waals surface area (Å²) in [5, 5.41) is 9.48. The van der Waals surface area contributed by atoms with Crippen LogP contribution in [0.2, 0.25) is 0 Å². The molecule has 0 aliphatic heterocycles. The fraction of sp³-hybridized carbons (Fsp3) is 0.158. The molecule has 0 atom stereocenters. The Balaban J connectivity index is 2.64. The van der Waals surface area contributed by atoms with Crippen molar-refractivity contribution in [2.24, 2.45) is 0 Å². The van der Waals surface area contributed by atoms with Gasteiger partial charge in [-0.15, -0.1) is 0 Å². The van der Waals surface area contributed by atoms with Crippen molar-refractivity contribution in [1.82, 2.24) is 0 Å². The fourth-order valence-corrected chi connectivity index (χ4v) is 2.22. The third-order valence-electron chi connectivity index (χ3n) is 3.28. The van der Waals surface area contributed by atoms with Gasteiger partial charge in [-0.3, -0.25) is 0 Å². The van der Waals surface area contributed by atoms with Gasteiger partial charge in [0.1, 0.15) is 17.4 Å². The Morgan fingerprint density at radius 3 is 2.17 bits per heavy atom. The molecule has 116 valence electrons. The second-order valence-electron chi connectivity index (χ2n) is 4.68. The van der Waals surface area contributed by atoms with E-state index in [0.29, 0.717) is 11.3 Å². The van der Waals surface area contributed by atoms with E-state index in [1.165, 1.54) is 0 Å². The number of benzene rings is 2.